The highest BCUT2D eigenvalue weighted by atomic mass is 79.9. The molecule has 1 aromatic heterocycles. The van der Waals surface area contributed by atoms with Gasteiger partial charge >= 0.3 is 0 Å². The van der Waals surface area contributed by atoms with Crippen molar-refractivity contribution in [2.45, 2.75) is 13.0 Å². The second-order valence-corrected chi connectivity index (χ2v) is 4.47. The van der Waals surface area contributed by atoms with E-state index < -0.39 is 6.04 Å². The number of carbonyl (C=O) groups is 1. The molecule has 0 saturated carbocycles. The zero-order valence-corrected chi connectivity index (χ0v) is 9.15. The Morgan fingerprint density at radius 3 is 3.08 bits per heavy atom. The fourth-order valence-electron chi connectivity index (χ4n) is 0.677. The van der Waals surface area contributed by atoms with E-state index >= 15 is 0 Å². The molecule has 1 rings (SSSR count). The second kappa shape index (κ2) is 4.35. The van der Waals surface area contributed by atoms with Crippen molar-refractivity contribution in [3.05, 3.63) is 15.0 Å². The van der Waals surface area contributed by atoms with Crippen LogP contribution in [0, 0.1) is 11.3 Å². The van der Waals surface area contributed by atoms with Crippen molar-refractivity contribution in [3.63, 3.8) is 0 Å². The first kappa shape index (κ1) is 10.2. The van der Waals surface area contributed by atoms with Crippen LogP contribution in [0.4, 0.5) is 0 Å². The average molecular weight is 260 g/mol. The summed E-state index contributed by atoms with van der Waals surface area (Å²) >= 11 is 4.52. The molecular weight excluding hydrogens is 254 g/mol. The summed E-state index contributed by atoms with van der Waals surface area (Å²) in [5.74, 6) is -0.331. The molecule has 13 heavy (non-hydrogen) atoms. The Balaban J connectivity index is 2.71. The number of hydrogen-bond acceptors (Lipinski definition) is 4. The minimum atomic E-state index is -0.499. The average Bonchev–Trinajstić information content (AvgIpc) is 2.51. The molecule has 1 heterocycles. The second-order valence-electron chi connectivity index (χ2n) is 2.30. The van der Waals surface area contributed by atoms with Gasteiger partial charge in [-0.3, -0.25) is 4.79 Å². The Morgan fingerprint density at radius 1 is 1.92 bits per heavy atom. The van der Waals surface area contributed by atoms with Crippen LogP contribution in [0.2, 0.25) is 0 Å². The zero-order chi connectivity index (χ0) is 9.84. The smallest absolute Gasteiger partial charge is 0.272 e. The first-order valence-corrected chi connectivity index (χ1v) is 5.12. The number of aromatic nitrogens is 1. The van der Waals surface area contributed by atoms with Gasteiger partial charge in [0.15, 0.2) is 5.69 Å². The van der Waals surface area contributed by atoms with Gasteiger partial charge in [0.25, 0.3) is 5.91 Å². The predicted molar refractivity (Wildman–Crippen MR) is 52.4 cm³/mol. The van der Waals surface area contributed by atoms with Crippen LogP contribution in [0.25, 0.3) is 0 Å². The SMILES string of the molecule is C[C@H](C#N)NC(=O)c1ncsc1Br. The minimum Gasteiger partial charge on any atom is -0.335 e. The molecule has 0 aliphatic carbocycles. The maximum Gasteiger partial charge on any atom is 0.272 e. The maximum absolute atomic E-state index is 11.3. The van der Waals surface area contributed by atoms with Crippen LogP contribution in [0.3, 0.4) is 0 Å². The summed E-state index contributed by atoms with van der Waals surface area (Å²) in [7, 11) is 0. The Labute approximate surface area is 87.7 Å². The van der Waals surface area contributed by atoms with Gasteiger partial charge in [-0.2, -0.15) is 5.26 Å². The van der Waals surface area contributed by atoms with Crippen molar-refractivity contribution in [2.75, 3.05) is 0 Å². The largest absolute Gasteiger partial charge is 0.335 e. The van der Waals surface area contributed by atoms with E-state index in [0.29, 0.717) is 9.48 Å². The van der Waals surface area contributed by atoms with Gasteiger partial charge in [-0.15, -0.1) is 11.3 Å². The van der Waals surface area contributed by atoms with E-state index in [9.17, 15) is 4.79 Å². The molecule has 0 saturated heterocycles. The van der Waals surface area contributed by atoms with Crippen LogP contribution in [-0.4, -0.2) is 16.9 Å². The van der Waals surface area contributed by atoms with Gasteiger partial charge in [-0.1, -0.05) is 0 Å². The lowest BCUT2D eigenvalue weighted by atomic mass is 10.3. The predicted octanol–water partition coefficient (Wildman–Crippen LogP) is 1.55. The molecule has 0 aromatic carbocycles. The van der Waals surface area contributed by atoms with Crippen LogP contribution in [0.5, 0.6) is 0 Å². The molecule has 6 heteroatoms. The molecular formula is C7H6BrN3OS. The molecule has 0 unspecified atom stereocenters. The van der Waals surface area contributed by atoms with E-state index in [-0.39, 0.29) is 5.91 Å². The molecule has 1 amide bonds. The Morgan fingerprint density at radius 2 is 2.62 bits per heavy atom. The van der Waals surface area contributed by atoms with Crippen LogP contribution in [-0.2, 0) is 0 Å². The van der Waals surface area contributed by atoms with Crippen molar-refractivity contribution in [3.8, 4) is 6.07 Å². The molecule has 0 radical (unpaired) electrons. The highest BCUT2D eigenvalue weighted by molar-refractivity contribution is 9.11. The molecule has 0 fully saturated rings. The van der Waals surface area contributed by atoms with E-state index in [1.54, 1.807) is 12.4 Å². The van der Waals surface area contributed by atoms with Crippen molar-refractivity contribution in [1.29, 1.82) is 5.26 Å². The lowest BCUT2D eigenvalue weighted by Gasteiger charge is -2.03. The molecule has 1 aromatic rings. The number of nitrogens with one attached hydrogen (secondary N) is 1. The lowest BCUT2D eigenvalue weighted by Crippen LogP contribution is -2.31. The molecule has 1 atom stereocenters. The number of halogens is 1. The van der Waals surface area contributed by atoms with Crippen LogP contribution >= 0.6 is 27.3 Å². The molecule has 4 nitrogen and oxygen atoms in total. The van der Waals surface area contributed by atoms with Gasteiger partial charge in [0.2, 0.25) is 0 Å². The Hall–Kier alpha value is -0.930. The Kier molecular flexibility index (Phi) is 3.39. The van der Waals surface area contributed by atoms with Crippen LogP contribution < -0.4 is 5.32 Å². The van der Waals surface area contributed by atoms with Crippen molar-refractivity contribution in [1.82, 2.24) is 10.3 Å². The molecule has 1 N–H and O–H groups in total. The summed E-state index contributed by atoms with van der Waals surface area (Å²) in [5, 5.41) is 10.9. The fourth-order valence-corrected chi connectivity index (χ4v) is 1.72. The zero-order valence-electron chi connectivity index (χ0n) is 6.74. The maximum atomic E-state index is 11.3. The van der Waals surface area contributed by atoms with Gasteiger partial charge in [-0.05, 0) is 22.9 Å². The highest BCUT2D eigenvalue weighted by Gasteiger charge is 2.14. The number of nitriles is 1. The van der Waals surface area contributed by atoms with E-state index in [0.717, 1.165) is 0 Å². The van der Waals surface area contributed by atoms with E-state index in [1.807, 2.05) is 6.07 Å². The molecule has 0 spiro atoms. The van der Waals surface area contributed by atoms with Gasteiger partial charge in [0, 0.05) is 0 Å². The van der Waals surface area contributed by atoms with Gasteiger partial charge in [-0.25, -0.2) is 4.98 Å². The summed E-state index contributed by atoms with van der Waals surface area (Å²) in [5.41, 5.74) is 1.89. The van der Waals surface area contributed by atoms with E-state index in [4.69, 9.17) is 5.26 Å². The first-order chi connectivity index (χ1) is 6.15. The molecule has 0 bridgehead atoms. The third-order valence-corrected chi connectivity index (χ3v) is 2.83. The number of hydrogen-bond donors (Lipinski definition) is 1. The summed E-state index contributed by atoms with van der Waals surface area (Å²) in [6.07, 6.45) is 0. The fraction of sp³-hybridized carbons (Fsp3) is 0.286. The molecule has 0 aliphatic heterocycles. The lowest BCUT2D eigenvalue weighted by molar-refractivity contribution is 0.0943. The topological polar surface area (TPSA) is 65.8 Å². The van der Waals surface area contributed by atoms with E-state index in [2.05, 4.69) is 26.2 Å². The summed E-state index contributed by atoms with van der Waals surface area (Å²) in [6, 6.07) is 1.41. The molecule has 68 valence electrons. The monoisotopic (exact) mass is 259 g/mol. The Bertz CT molecular complexity index is 357. The summed E-state index contributed by atoms with van der Waals surface area (Å²) < 4.78 is 0.676. The summed E-state index contributed by atoms with van der Waals surface area (Å²) in [6.45, 7) is 1.61. The minimum absolute atomic E-state index is 0.326. The van der Waals surface area contributed by atoms with Crippen molar-refractivity contribution in [2.24, 2.45) is 0 Å². The standard InChI is InChI=1S/C7H6BrN3OS/c1-4(2-9)11-7(12)5-6(8)13-3-10-5/h3-4H,1H3,(H,11,12)/t4-/m1/s1. The third-order valence-electron chi connectivity index (χ3n) is 1.28. The van der Waals surface area contributed by atoms with Crippen molar-refractivity contribution >= 4 is 33.2 Å². The number of amides is 1. The quantitative estimate of drug-likeness (QED) is 0.877. The van der Waals surface area contributed by atoms with Gasteiger partial charge < -0.3 is 5.32 Å². The van der Waals surface area contributed by atoms with Crippen LogP contribution in [0.15, 0.2) is 9.30 Å². The summed E-state index contributed by atoms with van der Waals surface area (Å²) in [4.78, 5) is 15.2. The normalized spacial score (nSPS) is 11.8. The third kappa shape index (κ3) is 2.50. The number of rotatable bonds is 2. The first-order valence-electron chi connectivity index (χ1n) is 3.44. The number of thiazole rings is 1. The molecule has 0 aliphatic rings. The van der Waals surface area contributed by atoms with Crippen LogP contribution in [0.1, 0.15) is 17.4 Å². The highest BCUT2D eigenvalue weighted by Crippen LogP contribution is 2.20. The van der Waals surface area contributed by atoms with Gasteiger partial charge in [0.05, 0.1) is 11.6 Å². The number of nitrogens with zero attached hydrogens (tertiary/aromatic N) is 2. The number of carbonyl (C=O) groups excluding carboxylic acids is 1. The van der Waals surface area contributed by atoms with Gasteiger partial charge in [0.1, 0.15) is 9.83 Å². The van der Waals surface area contributed by atoms with Crippen molar-refractivity contribution < 1.29 is 4.79 Å². The van der Waals surface area contributed by atoms with E-state index in [1.165, 1.54) is 11.3 Å².